The van der Waals surface area contributed by atoms with Gasteiger partial charge >= 0.3 is 0 Å². The molecule has 0 atom stereocenters. The fraction of sp³-hybridized carbons (Fsp3) is 0.250. The summed E-state index contributed by atoms with van der Waals surface area (Å²) >= 11 is 6.22. The summed E-state index contributed by atoms with van der Waals surface area (Å²) in [6, 6.07) is 27.9. The summed E-state index contributed by atoms with van der Waals surface area (Å²) in [5, 5.41) is 5.25. The van der Waals surface area contributed by atoms with Crippen molar-refractivity contribution in [2.24, 2.45) is 0 Å². The van der Waals surface area contributed by atoms with Crippen molar-refractivity contribution < 1.29 is 0 Å². The van der Waals surface area contributed by atoms with E-state index in [1.165, 1.54) is 5.69 Å². The maximum atomic E-state index is 13.3. The molecule has 6 nitrogen and oxygen atoms in total. The number of hydrogen-bond donors (Lipinski definition) is 0. The smallest absolute Gasteiger partial charge is 0.288 e. The number of para-hydroxylation sites is 1. The highest BCUT2D eigenvalue weighted by Gasteiger charge is 2.18. The molecule has 1 fully saturated rings. The highest BCUT2D eigenvalue weighted by atomic mass is 35.5. The van der Waals surface area contributed by atoms with Gasteiger partial charge in [-0.1, -0.05) is 72.3 Å². The van der Waals surface area contributed by atoms with Crippen molar-refractivity contribution >= 4 is 17.3 Å². The number of anilines is 1. The van der Waals surface area contributed by atoms with Crippen LogP contribution in [0.1, 0.15) is 11.3 Å². The highest BCUT2D eigenvalue weighted by Crippen LogP contribution is 2.19. The first kappa shape index (κ1) is 23.3. The Kier molecular flexibility index (Phi) is 7.21. The molecule has 1 aliphatic heterocycles. The molecule has 0 N–H and O–H groups in total. The van der Waals surface area contributed by atoms with E-state index >= 15 is 0 Å². The second-order valence-corrected chi connectivity index (χ2v) is 9.18. The molecular weight excluding hydrogens is 458 g/mol. The van der Waals surface area contributed by atoms with Gasteiger partial charge in [-0.2, -0.15) is 0 Å². The molecule has 0 spiro atoms. The molecule has 3 aromatic carbocycles. The van der Waals surface area contributed by atoms with E-state index in [0.29, 0.717) is 29.5 Å². The number of rotatable bonds is 7. The van der Waals surface area contributed by atoms with Gasteiger partial charge in [0, 0.05) is 55.4 Å². The van der Waals surface area contributed by atoms with Crippen molar-refractivity contribution in [3.8, 4) is 11.4 Å². The zero-order chi connectivity index (χ0) is 24.0. The molecule has 0 bridgehead atoms. The fourth-order valence-electron chi connectivity index (χ4n) is 4.42. The third kappa shape index (κ3) is 5.78. The van der Waals surface area contributed by atoms with Gasteiger partial charge in [0.1, 0.15) is 5.69 Å². The minimum atomic E-state index is -0.137. The predicted octanol–water partition coefficient (Wildman–Crippen LogP) is 4.37. The van der Waals surface area contributed by atoms with Gasteiger partial charge < -0.3 is 4.90 Å². The molecule has 1 aromatic heterocycles. The molecule has 7 heteroatoms. The summed E-state index contributed by atoms with van der Waals surface area (Å²) in [7, 11) is 0. The molecule has 0 unspecified atom stereocenters. The summed E-state index contributed by atoms with van der Waals surface area (Å²) < 4.78 is 1.57. The SMILES string of the molecule is O=c1c(Cc2ccccc2)nc(-c2cccc(Cl)c2)nn1CCN1CCN(c2ccccc2)CC1. The Morgan fingerprint density at radius 2 is 1.51 bits per heavy atom. The van der Waals surface area contributed by atoms with E-state index in [0.717, 1.165) is 43.9 Å². The largest absolute Gasteiger partial charge is 0.369 e. The van der Waals surface area contributed by atoms with Crippen LogP contribution in [0.2, 0.25) is 5.02 Å². The molecule has 35 heavy (non-hydrogen) atoms. The molecule has 0 aliphatic carbocycles. The standard InChI is InChI=1S/C28H28ClN5O/c29-24-11-7-10-23(21-24)27-30-26(20-22-8-3-1-4-9-22)28(35)34(31-27)19-16-32-14-17-33(18-15-32)25-12-5-2-6-13-25/h1-13,21H,14-20H2. The van der Waals surface area contributed by atoms with Gasteiger partial charge in [0.2, 0.25) is 0 Å². The van der Waals surface area contributed by atoms with E-state index in [1.54, 1.807) is 4.68 Å². The summed E-state index contributed by atoms with van der Waals surface area (Å²) in [4.78, 5) is 22.8. The van der Waals surface area contributed by atoms with Crippen molar-refractivity contribution in [3.05, 3.63) is 112 Å². The fourth-order valence-corrected chi connectivity index (χ4v) is 4.61. The lowest BCUT2D eigenvalue weighted by Gasteiger charge is -2.36. The Morgan fingerprint density at radius 3 is 2.23 bits per heavy atom. The van der Waals surface area contributed by atoms with E-state index in [9.17, 15) is 4.79 Å². The summed E-state index contributed by atoms with van der Waals surface area (Å²) in [6.45, 7) is 5.12. The van der Waals surface area contributed by atoms with Crippen molar-refractivity contribution in [2.45, 2.75) is 13.0 Å². The molecule has 0 saturated carbocycles. The summed E-state index contributed by atoms with van der Waals surface area (Å²) in [5.74, 6) is 0.520. The maximum absolute atomic E-state index is 13.3. The molecule has 4 aromatic rings. The number of hydrogen-bond acceptors (Lipinski definition) is 5. The van der Waals surface area contributed by atoms with Gasteiger partial charge in [-0.25, -0.2) is 9.67 Å². The molecule has 0 radical (unpaired) electrons. The maximum Gasteiger partial charge on any atom is 0.288 e. The minimum Gasteiger partial charge on any atom is -0.369 e. The van der Waals surface area contributed by atoms with Crippen molar-refractivity contribution in [1.29, 1.82) is 0 Å². The number of piperazine rings is 1. The van der Waals surface area contributed by atoms with Gasteiger partial charge in [0.25, 0.3) is 5.56 Å². The van der Waals surface area contributed by atoms with Gasteiger partial charge in [-0.05, 0) is 29.8 Å². The van der Waals surface area contributed by atoms with Crippen LogP contribution in [0.25, 0.3) is 11.4 Å². The van der Waals surface area contributed by atoms with Crippen LogP contribution in [0, 0.1) is 0 Å². The van der Waals surface area contributed by atoms with E-state index in [2.05, 4.69) is 44.1 Å². The van der Waals surface area contributed by atoms with E-state index in [1.807, 2.05) is 60.7 Å². The first-order valence-corrected chi connectivity index (χ1v) is 12.3. The quantitative estimate of drug-likeness (QED) is 0.389. The highest BCUT2D eigenvalue weighted by molar-refractivity contribution is 6.30. The van der Waals surface area contributed by atoms with Crippen molar-refractivity contribution in [1.82, 2.24) is 19.7 Å². The molecule has 5 rings (SSSR count). The van der Waals surface area contributed by atoms with Gasteiger partial charge in [0.05, 0.1) is 6.54 Å². The second-order valence-electron chi connectivity index (χ2n) is 8.75. The number of aromatic nitrogens is 3. The van der Waals surface area contributed by atoms with Crippen molar-refractivity contribution in [2.75, 3.05) is 37.6 Å². The van der Waals surface area contributed by atoms with Crippen LogP contribution in [-0.2, 0) is 13.0 Å². The van der Waals surface area contributed by atoms with Gasteiger partial charge in [0.15, 0.2) is 5.82 Å². The van der Waals surface area contributed by atoms with Crippen LogP contribution < -0.4 is 10.5 Å². The zero-order valence-corrected chi connectivity index (χ0v) is 20.3. The monoisotopic (exact) mass is 485 g/mol. The lowest BCUT2D eigenvalue weighted by Crippen LogP contribution is -2.47. The average Bonchev–Trinajstić information content (AvgIpc) is 2.90. The Morgan fingerprint density at radius 1 is 0.800 bits per heavy atom. The van der Waals surface area contributed by atoms with E-state index in [4.69, 9.17) is 11.6 Å². The molecule has 1 saturated heterocycles. The third-order valence-electron chi connectivity index (χ3n) is 6.36. The Balaban J connectivity index is 1.34. The predicted molar refractivity (Wildman–Crippen MR) is 141 cm³/mol. The Hall–Kier alpha value is -3.48. The molecular formula is C28H28ClN5O. The average molecular weight is 486 g/mol. The number of halogens is 1. The van der Waals surface area contributed by atoms with Crippen LogP contribution >= 0.6 is 11.6 Å². The van der Waals surface area contributed by atoms with Gasteiger partial charge in [-0.15, -0.1) is 5.10 Å². The third-order valence-corrected chi connectivity index (χ3v) is 6.59. The molecule has 1 aliphatic rings. The first-order valence-electron chi connectivity index (χ1n) is 12.0. The van der Waals surface area contributed by atoms with Crippen LogP contribution in [0.4, 0.5) is 5.69 Å². The Bertz CT molecular complexity index is 1320. The second kappa shape index (κ2) is 10.8. The van der Waals surface area contributed by atoms with Crippen molar-refractivity contribution in [3.63, 3.8) is 0 Å². The number of nitrogens with zero attached hydrogens (tertiary/aromatic N) is 5. The lowest BCUT2D eigenvalue weighted by atomic mass is 10.1. The number of benzene rings is 3. The van der Waals surface area contributed by atoms with E-state index in [-0.39, 0.29) is 5.56 Å². The molecule has 178 valence electrons. The zero-order valence-electron chi connectivity index (χ0n) is 19.6. The molecule has 0 amide bonds. The summed E-state index contributed by atoms with van der Waals surface area (Å²) in [5.41, 5.74) is 3.47. The van der Waals surface area contributed by atoms with Crippen LogP contribution in [0.3, 0.4) is 0 Å². The normalized spacial score (nSPS) is 14.3. The van der Waals surface area contributed by atoms with Crippen LogP contribution in [0.5, 0.6) is 0 Å². The Labute approximate surface area is 210 Å². The first-order chi connectivity index (χ1) is 17.2. The van der Waals surface area contributed by atoms with Crippen LogP contribution in [-0.4, -0.2) is 52.4 Å². The lowest BCUT2D eigenvalue weighted by molar-refractivity contribution is 0.242. The molecule has 2 heterocycles. The topological polar surface area (TPSA) is 54.3 Å². The van der Waals surface area contributed by atoms with Gasteiger partial charge in [-0.3, -0.25) is 9.69 Å². The van der Waals surface area contributed by atoms with Crippen LogP contribution in [0.15, 0.2) is 89.7 Å². The van der Waals surface area contributed by atoms with E-state index < -0.39 is 0 Å². The summed E-state index contributed by atoms with van der Waals surface area (Å²) in [6.07, 6.45) is 0.464. The minimum absolute atomic E-state index is 0.137.